The highest BCUT2D eigenvalue weighted by atomic mass is 16.7. The molecule has 0 aromatic heterocycles. The molecule has 6 heteroatoms. The summed E-state index contributed by atoms with van der Waals surface area (Å²) in [6.07, 6.45) is -1.44. The smallest absolute Gasteiger partial charge is 0.450 e. The average molecular weight is 204 g/mol. The normalized spacial score (nSPS) is 19.4. The van der Waals surface area contributed by atoms with Crippen LogP contribution in [0.2, 0.25) is 0 Å². The van der Waals surface area contributed by atoms with Gasteiger partial charge in [0.25, 0.3) is 0 Å². The molecule has 1 aliphatic heterocycles. The fraction of sp³-hybridized carbons (Fsp3) is 0.750. The van der Waals surface area contributed by atoms with E-state index in [1.54, 1.807) is 0 Å². The predicted molar refractivity (Wildman–Crippen MR) is 44.0 cm³/mol. The zero-order valence-corrected chi connectivity index (χ0v) is 7.82. The number of carbonyl (C=O) groups is 2. The lowest BCUT2D eigenvalue weighted by Gasteiger charge is -2.33. The first kappa shape index (κ1) is 10.6. The van der Waals surface area contributed by atoms with Crippen molar-refractivity contribution in [2.24, 2.45) is 5.41 Å². The lowest BCUT2D eigenvalue weighted by Crippen LogP contribution is -2.42. The van der Waals surface area contributed by atoms with Crippen LogP contribution >= 0.6 is 0 Å². The van der Waals surface area contributed by atoms with Crippen LogP contribution in [0.25, 0.3) is 0 Å². The molecule has 1 saturated heterocycles. The Hall–Kier alpha value is -1.46. The molecule has 0 amide bonds. The molecular weight excluding hydrogens is 192 g/mol. The number of rotatable bonds is 3. The summed E-state index contributed by atoms with van der Waals surface area (Å²) >= 11 is 0. The van der Waals surface area contributed by atoms with Gasteiger partial charge in [-0.3, -0.25) is 0 Å². The van der Waals surface area contributed by atoms with Gasteiger partial charge in [-0.05, 0) is 6.42 Å². The largest absolute Gasteiger partial charge is 0.508 e. The minimum Gasteiger partial charge on any atom is -0.450 e. The number of cyclic esters (lactones) is 2. The molecular formula is C8H12O6. The minimum atomic E-state index is -1.34. The van der Waals surface area contributed by atoms with Gasteiger partial charge in [0.1, 0.15) is 19.8 Å². The zero-order chi connectivity index (χ0) is 10.6. The van der Waals surface area contributed by atoms with Gasteiger partial charge < -0.3 is 19.3 Å². The van der Waals surface area contributed by atoms with Crippen molar-refractivity contribution in [2.75, 3.05) is 19.8 Å². The third kappa shape index (κ3) is 2.51. The fourth-order valence-corrected chi connectivity index (χ4v) is 1.11. The highest BCUT2D eigenvalue weighted by Crippen LogP contribution is 2.27. The van der Waals surface area contributed by atoms with E-state index in [9.17, 15) is 9.59 Å². The molecule has 0 aromatic carbocycles. The lowest BCUT2D eigenvalue weighted by atomic mass is 9.87. The van der Waals surface area contributed by atoms with E-state index in [1.165, 1.54) is 0 Å². The quantitative estimate of drug-likeness (QED) is 0.696. The van der Waals surface area contributed by atoms with Gasteiger partial charge in [0.2, 0.25) is 0 Å². The second kappa shape index (κ2) is 4.17. The van der Waals surface area contributed by atoms with Crippen LogP contribution in [0.5, 0.6) is 0 Å². The maximum absolute atomic E-state index is 10.6. The van der Waals surface area contributed by atoms with Gasteiger partial charge in [0, 0.05) is 0 Å². The Labute approximate surface area is 80.7 Å². The second-order valence-electron chi connectivity index (χ2n) is 3.24. The van der Waals surface area contributed by atoms with E-state index in [0.29, 0.717) is 6.42 Å². The van der Waals surface area contributed by atoms with Gasteiger partial charge in [-0.2, -0.15) is 0 Å². The first-order valence-corrected chi connectivity index (χ1v) is 4.23. The maximum atomic E-state index is 10.6. The third-order valence-electron chi connectivity index (χ3n) is 2.24. The first-order chi connectivity index (χ1) is 6.58. The summed E-state index contributed by atoms with van der Waals surface area (Å²) in [6.45, 7) is 2.10. The molecule has 0 bridgehead atoms. The fourth-order valence-electron chi connectivity index (χ4n) is 1.11. The molecule has 1 rings (SSSR count). The van der Waals surface area contributed by atoms with E-state index in [-0.39, 0.29) is 19.8 Å². The van der Waals surface area contributed by atoms with Crippen LogP contribution in [-0.4, -0.2) is 37.2 Å². The average Bonchev–Trinajstić information content (AvgIpc) is 2.18. The summed E-state index contributed by atoms with van der Waals surface area (Å²) in [4.78, 5) is 20.8. The summed E-state index contributed by atoms with van der Waals surface area (Å²) in [7, 11) is 0. The molecule has 1 fully saturated rings. The van der Waals surface area contributed by atoms with Crippen LogP contribution in [0.15, 0.2) is 0 Å². The maximum Gasteiger partial charge on any atom is 0.508 e. The zero-order valence-electron chi connectivity index (χ0n) is 7.82. The van der Waals surface area contributed by atoms with Crippen molar-refractivity contribution in [2.45, 2.75) is 13.3 Å². The van der Waals surface area contributed by atoms with Gasteiger partial charge in [0.05, 0.1) is 5.41 Å². The Morgan fingerprint density at radius 3 is 2.57 bits per heavy atom. The van der Waals surface area contributed by atoms with Gasteiger partial charge in [-0.1, -0.05) is 6.92 Å². The first-order valence-electron chi connectivity index (χ1n) is 4.23. The molecule has 0 aliphatic carbocycles. The standard InChI is InChI=1S/C8H12O6/c1-2-8(3-12-6(9)10)4-13-7(11)14-5-8/h2-5H2,1H3,(H,9,10). The number of ether oxygens (including phenoxy) is 3. The van der Waals surface area contributed by atoms with Crippen molar-refractivity contribution in [1.82, 2.24) is 0 Å². The number of carboxylic acid groups (broad SMARTS) is 1. The van der Waals surface area contributed by atoms with Crippen molar-refractivity contribution >= 4 is 12.3 Å². The highest BCUT2D eigenvalue weighted by molar-refractivity contribution is 5.60. The molecule has 1 heterocycles. The molecule has 0 spiro atoms. The Morgan fingerprint density at radius 2 is 2.14 bits per heavy atom. The summed E-state index contributed by atoms with van der Waals surface area (Å²) in [5, 5.41) is 8.34. The van der Waals surface area contributed by atoms with Crippen LogP contribution in [0.4, 0.5) is 9.59 Å². The van der Waals surface area contributed by atoms with Gasteiger partial charge in [-0.15, -0.1) is 0 Å². The van der Waals surface area contributed by atoms with E-state index in [1.807, 2.05) is 6.92 Å². The van der Waals surface area contributed by atoms with E-state index in [4.69, 9.17) is 5.11 Å². The lowest BCUT2D eigenvalue weighted by molar-refractivity contribution is -0.0869. The number of hydrogen-bond donors (Lipinski definition) is 1. The molecule has 0 unspecified atom stereocenters. The van der Waals surface area contributed by atoms with Crippen LogP contribution in [0.3, 0.4) is 0 Å². The molecule has 0 saturated carbocycles. The van der Waals surface area contributed by atoms with Gasteiger partial charge >= 0.3 is 12.3 Å². The Bertz CT molecular complexity index is 226. The van der Waals surface area contributed by atoms with Crippen LogP contribution in [0.1, 0.15) is 13.3 Å². The van der Waals surface area contributed by atoms with E-state index in [2.05, 4.69) is 14.2 Å². The monoisotopic (exact) mass is 204 g/mol. The topological polar surface area (TPSA) is 82.1 Å². The summed E-state index contributed by atoms with van der Waals surface area (Å²) in [5.41, 5.74) is -0.535. The Balaban J connectivity index is 2.49. The van der Waals surface area contributed by atoms with Crippen molar-refractivity contribution in [3.05, 3.63) is 0 Å². The van der Waals surface area contributed by atoms with Gasteiger partial charge in [0.15, 0.2) is 0 Å². The Morgan fingerprint density at radius 1 is 1.57 bits per heavy atom. The van der Waals surface area contributed by atoms with Crippen molar-refractivity contribution in [1.29, 1.82) is 0 Å². The van der Waals surface area contributed by atoms with E-state index in [0.717, 1.165) is 0 Å². The van der Waals surface area contributed by atoms with Crippen molar-refractivity contribution < 1.29 is 28.9 Å². The Kier molecular flexibility index (Phi) is 3.16. The predicted octanol–water partition coefficient (Wildman–Crippen LogP) is 1.24. The molecule has 14 heavy (non-hydrogen) atoms. The van der Waals surface area contributed by atoms with Crippen LogP contribution in [0, 0.1) is 5.41 Å². The van der Waals surface area contributed by atoms with Crippen molar-refractivity contribution in [3.63, 3.8) is 0 Å². The van der Waals surface area contributed by atoms with E-state index < -0.39 is 17.7 Å². The SMILES string of the molecule is CCC1(COC(=O)O)COC(=O)OC1. The molecule has 0 aromatic rings. The second-order valence-corrected chi connectivity index (χ2v) is 3.24. The minimum absolute atomic E-state index is 0.0217. The highest BCUT2D eigenvalue weighted by Gasteiger charge is 2.37. The van der Waals surface area contributed by atoms with Gasteiger partial charge in [-0.25, -0.2) is 9.59 Å². The van der Waals surface area contributed by atoms with Crippen LogP contribution < -0.4 is 0 Å². The molecule has 6 nitrogen and oxygen atoms in total. The molecule has 1 aliphatic rings. The summed E-state index contributed by atoms with van der Waals surface area (Å²) in [6, 6.07) is 0. The van der Waals surface area contributed by atoms with Crippen molar-refractivity contribution in [3.8, 4) is 0 Å². The number of hydrogen-bond acceptors (Lipinski definition) is 5. The number of carbonyl (C=O) groups excluding carboxylic acids is 1. The molecule has 0 atom stereocenters. The third-order valence-corrected chi connectivity index (χ3v) is 2.24. The molecule has 80 valence electrons. The molecule has 0 radical (unpaired) electrons. The van der Waals surface area contributed by atoms with E-state index >= 15 is 0 Å². The summed E-state index contributed by atoms with van der Waals surface area (Å²) < 4.78 is 13.8. The molecule has 1 N–H and O–H groups in total. The van der Waals surface area contributed by atoms with Crippen LogP contribution in [-0.2, 0) is 14.2 Å². The summed E-state index contributed by atoms with van der Waals surface area (Å²) in [5.74, 6) is 0.